The van der Waals surface area contributed by atoms with E-state index in [9.17, 15) is 13.2 Å². The van der Waals surface area contributed by atoms with Crippen LogP contribution in [0.3, 0.4) is 0 Å². The molecule has 1 unspecified atom stereocenters. The Morgan fingerprint density at radius 3 is 2.65 bits per heavy atom. The van der Waals surface area contributed by atoms with Gasteiger partial charge in [-0.15, -0.1) is 0 Å². The maximum atomic E-state index is 12.9. The fourth-order valence-corrected chi connectivity index (χ4v) is 5.03. The lowest BCUT2D eigenvalue weighted by Gasteiger charge is -2.26. The molecule has 4 rings (SSSR count). The number of amides is 1. The second-order valence-corrected chi connectivity index (χ2v) is 9.07. The van der Waals surface area contributed by atoms with Gasteiger partial charge in [-0.2, -0.15) is 0 Å². The van der Waals surface area contributed by atoms with E-state index in [0.29, 0.717) is 17.3 Å². The summed E-state index contributed by atoms with van der Waals surface area (Å²) >= 11 is 11.8. The van der Waals surface area contributed by atoms with Gasteiger partial charge in [0.2, 0.25) is 5.91 Å². The Kier molecular flexibility index (Phi) is 4.17. The minimum absolute atomic E-state index is 0.0351. The lowest BCUT2D eigenvalue weighted by molar-refractivity contribution is -0.119. The largest absolute Gasteiger partial charge is 0.311 e. The Bertz CT molecular complexity index is 1040. The lowest BCUT2D eigenvalue weighted by Crippen LogP contribution is -2.32. The number of hydrogen-bond donors (Lipinski definition) is 1. The molecular weight excluding hydrogens is 395 g/mol. The predicted octanol–water partition coefficient (Wildman–Crippen LogP) is 4.19. The van der Waals surface area contributed by atoms with Crippen molar-refractivity contribution in [2.75, 3.05) is 16.2 Å². The number of nitrogens with one attached hydrogen (secondary N) is 1. The SMILES string of the molecule is CC1C(=O)N2CCCc3cc(S(=O)(=O)Nc4ccc(Cl)c(Cl)c4)cc1c32. The van der Waals surface area contributed by atoms with Crippen LogP contribution in [0.15, 0.2) is 35.2 Å². The molecule has 0 radical (unpaired) electrons. The molecule has 1 amide bonds. The summed E-state index contributed by atoms with van der Waals surface area (Å²) in [6.45, 7) is 2.51. The molecule has 1 atom stereocenters. The summed E-state index contributed by atoms with van der Waals surface area (Å²) < 4.78 is 28.3. The van der Waals surface area contributed by atoms with Crippen LogP contribution < -0.4 is 9.62 Å². The van der Waals surface area contributed by atoms with Crippen LogP contribution in [0.1, 0.15) is 30.4 Å². The molecule has 0 aromatic heterocycles. The molecule has 2 aromatic carbocycles. The molecule has 0 aliphatic carbocycles. The summed E-state index contributed by atoms with van der Waals surface area (Å²) in [4.78, 5) is 14.4. The monoisotopic (exact) mass is 410 g/mol. The molecule has 2 aliphatic rings. The van der Waals surface area contributed by atoms with Gasteiger partial charge in [0.05, 0.1) is 32.2 Å². The van der Waals surface area contributed by atoms with Crippen molar-refractivity contribution in [2.24, 2.45) is 0 Å². The van der Waals surface area contributed by atoms with E-state index in [4.69, 9.17) is 23.2 Å². The van der Waals surface area contributed by atoms with Crippen molar-refractivity contribution < 1.29 is 13.2 Å². The third kappa shape index (κ3) is 2.76. The molecule has 136 valence electrons. The van der Waals surface area contributed by atoms with E-state index in [1.165, 1.54) is 12.1 Å². The fraction of sp³-hybridized carbons (Fsp3) is 0.278. The van der Waals surface area contributed by atoms with E-state index in [2.05, 4.69) is 4.72 Å². The van der Waals surface area contributed by atoms with Gasteiger partial charge >= 0.3 is 0 Å². The van der Waals surface area contributed by atoms with Crippen molar-refractivity contribution in [3.05, 3.63) is 51.5 Å². The quantitative estimate of drug-likeness (QED) is 0.824. The molecule has 2 aromatic rings. The molecule has 0 bridgehead atoms. The molecule has 0 spiro atoms. The van der Waals surface area contributed by atoms with Crippen LogP contribution in [0.5, 0.6) is 0 Å². The molecule has 0 saturated heterocycles. The van der Waals surface area contributed by atoms with Gasteiger partial charge in [0.1, 0.15) is 0 Å². The molecule has 2 aliphatic heterocycles. The zero-order chi connectivity index (χ0) is 18.6. The van der Waals surface area contributed by atoms with Crippen LogP contribution in [0.4, 0.5) is 11.4 Å². The standard InChI is InChI=1S/C18H16Cl2N2O3S/c1-10-14-9-13(7-11-3-2-6-22(17(11)14)18(10)23)26(24,25)21-12-4-5-15(19)16(20)8-12/h4-5,7-10,21H,2-3,6H2,1H3. The number of rotatable bonds is 3. The normalized spacial score (nSPS) is 18.8. The lowest BCUT2D eigenvalue weighted by atomic mass is 9.97. The third-order valence-electron chi connectivity index (χ3n) is 4.87. The predicted molar refractivity (Wildman–Crippen MR) is 103 cm³/mol. The molecule has 5 nitrogen and oxygen atoms in total. The maximum Gasteiger partial charge on any atom is 0.261 e. The average molecular weight is 411 g/mol. The van der Waals surface area contributed by atoms with Crippen molar-refractivity contribution in [1.29, 1.82) is 0 Å². The summed E-state index contributed by atoms with van der Waals surface area (Å²) in [6, 6.07) is 7.82. The minimum atomic E-state index is -3.81. The van der Waals surface area contributed by atoms with Gasteiger partial charge in [0, 0.05) is 6.54 Å². The van der Waals surface area contributed by atoms with Gasteiger partial charge < -0.3 is 4.90 Å². The highest BCUT2D eigenvalue weighted by molar-refractivity contribution is 7.92. The smallest absolute Gasteiger partial charge is 0.261 e. The summed E-state index contributed by atoms with van der Waals surface area (Å²) in [5.74, 6) is -0.296. The van der Waals surface area contributed by atoms with Crippen LogP contribution in [0.2, 0.25) is 10.0 Å². The number of hydrogen-bond acceptors (Lipinski definition) is 3. The summed E-state index contributed by atoms with van der Waals surface area (Å²) in [7, 11) is -3.81. The van der Waals surface area contributed by atoms with Gasteiger partial charge in [0.25, 0.3) is 10.0 Å². The second kappa shape index (κ2) is 6.15. The van der Waals surface area contributed by atoms with E-state index >= 15 is 0 Å². The molecule has 1 N–H and O–H groups in total. The number of halogens is 2. The summed E-state index contributed by atoms with van der Waals surface area (Å²) in [5, 5.41) is 0.620. The van der Waals surface area contributed by atoms with Crippen molar-refractivity contribution >= 4 is 50.5 Å². The number of carbonyl (C=O) groups is 1. The molecule has 0 saturated carbocycles. The Morgan fingerprint density at radius 1 is 1.15 bits per heavy atom. The first kappa shape index (κ1) is 17.6. The number of nitrogens with zero attached hydrogens (tertiary/aromatic N) is 1. The number of anilines is 2. The number of aryl methyl sites for hydroxylation is 1. The van der Waals surface area contributed by atoms with E-state index in [1.807, 2.05) is 6.92 Å². The van der Waals surface area contributed by atoms with E-state index in [0.717, 1.165) is 29.7 Å². The summed E-state index contributed by atoms with van der Waals surface area (Å²) in [5.41, 5.74) is 2.91. The van der Waals surface area contributed by atoms with E-state index < -0.39 is 10.0 Å². The Morgan fingerprint density at radius 2 is 1.92 bits per heavy atom. The van der Waals surface area contributed by atoms with Gasteiger partial charge in [-0.1, -0.05) is 23.2 Å². The van der Waals surface area contributed by atoms with Crippen LogP contribution in [0, 0.1) is 0 Å². The summed E-state index contributed by atoms with van der Waals surface area (Å²) in [6.07, 6.45) is 1.59. The average Bonchev–Trinajstić information content (AvgIpc) is 2.85. The van der Waals surface area contributed by atoms with Crippen molar-refractivity contribution in [3.63, 3.8) is 0 Å². The number of sulfonamides is 1. The van der Waals surface area contributed by atoms with Crippen molar-refractivity contribution in [3.8, 4) is 0 Å². The van der Waals surface area contributed by atoms with E-state index in [-0.39, 0.29) is 21.7 Å². The van der Waals surface area contributed by atoms with Gasteiger partial charge in [0.15, 0.2) is 0 Å². The Labute approximate surface area is 162 Å². The topological polar surface area (TPSA) is 66.5 Å². The Balaban J connectivity index is 1.76. The highest BCUT2D eigenvalue weighted by atomic mass is 35.5. The number of carbonyl (C=O) groups excluding carboxylic acids is 1. The molecule has 26 heavy (non-hydrogen) atoms. The van der Waals surface area contributed by atoms with Crippen molar-refractivity contribution in [1.82, 2.24) is 0 Å². The first-order valence-electron chi connectivity index (χ1n) is 8.24. The van der Waals surface area contributed by atoms with Gasteiger partial charge in [-0.05, 0) is 61.2 Å². The van der Waals surface area contributed by atoms with Gasteiger partial charge in [-0.25, -0.2) is 8.42 Å². The molecule has 8 heteroatoms. The fourth-order valence-electron chi connectivity index (χ4n) is 3.59. The van der Waals surface area contributed by atoms with Crippen LogP contribution >= 0.6 is 23.2 Å². The molecule has 2 heterocycles. The van der Waals surface area contributed by atoms with Gasteiger partial charge in [-0.3, -0.25) is 9.52 Å². The third-order valence-corrected chi connectivity index (χ3v) is 6.97. The number of benzene rings is 2. The highest BCUT2D eigenvalue weighted by Gasteiger charge is 2.38. The first-order chi connectivity index (χ1) is 12.3. The molecule has 0 fully saturated rings. The zero-order valence-electron chi connectivity index (χ0n) is 13.9. The van der Waals surface area contributed by atoms with Crippen LogP contribution in [0.25, 0.3) is 0 Å². The first-order valence-corrected chi connectivity index (χ1v) is 10.5. The maximum absolute atomic E-state index is 12.9. The van der Waals surface area contributed by atoms with E-state index in [1.54, 1.807) is 23.1 Å². The van der Waals surface area contributed by atoms with Crippen molar-refractivity contribution in [2.45, 2.75) is 30.6 Å². The highest BCUT2D eigenvalue weighted by Crippen LogP contribution is 2.44. The molecular formula is C18H16Cl2N2O3S. The van der Waals surface area contributed by atoms with Crippen LogP contribution in [-0.2, 0) is 21.2 Å². The Hall–Kier alpha value is -1.76. The van der Waals surface area contributed by atoms with Crippen LogP contribution in [-0.4, -0.2) is 20.9 Å². The second-order valence-electron chi connectivity index (χ2n) is 6.57. The zero-order valence-corrected chi connectivity index (χ0v) is 16.2. The minimum Gasteiger partial charge on any atom is -0.311 e.